The van der Waals surface area contributed by atoms with Crippen molar-refractivity contribution in [3.05, 3.63) is 71.8 Å². The van der Waals surface area contributed by atoms with E-state index >= 15 is 0 Å². The second-order valence-corrected chi connectivity index (χ2v) is 6.99. The third-order valence-electron chi connectivity index (χ3n) is 4.97. The van der Waals surface area contributed by atoms with Crippen LogP contribution in [0.4, 0.5) is 13.2 Å². The van der Waals surface area contributed by atoms with Gasteiger partial charge in [0, 0.05) is 25.2 Å². The Morgan fingerprint density at radius 1 is 1.00 bits per heavy atom. The Labute approximate surface area is 157 Å². The molecule has 1 saturated heterocycles. The van der Waals surface area contributed by atoms with Crippen molar-refractivity contribution >= 4 is 5.91 Å². The molecule has 2 atom stereocenters. The molecule has 0 spiro atoms. The molecule has 0 aromatic heterocycles. The number of alkyl halides is 3. The Hall–Kier alpha value is -2.34. The zero-order chi connectivity index (χ0) is 19.3. The minimum absolute atomic E-state index is 0.0693. The maximum atomic E-state index is 12.6. The number of nitrogens with one attached hydrogen (secondary N) is 1. The number of amides is 1. The number of hydrogen-bond donors (Lipinski definition) is 1. The van der Waals surface area contributed by atoms with Gasteiger partial charge in [-0.05, 0) is 30.4 Å². The molecule has 144 valence electrons. The van der Waals surface area contributed by atoms with Gasteiger partial charge in [-0.2, -0.15) is 13.2 Å². The average molecular weight is 376 g/mol. The number of nitrogens with zero attached hydrogens (tertiary/aromatic N) is 1. The Balaban J connectivity index is 1.71. The van der Waals surface area contributed by atoms with Crippen molar-refractivity contribution < 1.29 is 18.0 Å². The lowest BCUT2D eigenvalue weighted by Crippen LogP contribution is -2.52. The smallest absolute Gasteiger partial charge is 0.345 e. The van der Waals surface area contributed by atoms with Gasteiger partial charge in [-0.1, -0.05) is 60.7 Å². The lowest BCUT2D eigenvalue weighted by atomic mass is 9.91. The van der Waals surface area contributed by atoms with Gasteiger partial charge in [0.25, 0.3) is 0 Å². The first-order chi connectivity index (χ1) is 12.9. The van der Waals surface area contributed by atoms with E-state index in [-0.39, 0.29) is 6.04 Å². The van der Waals surface area contributed by atoms with Crippen LogP contribution in [0, 0.1) is 0 Å². The van der Waals surface area contributed by atoms with Crippen LogP contribution in [0.3, 0.4) is 0 Å². The summed E-state index contributed by atoms with van der Waals surface area (Å²) in [6, 6.07) is 19.6. The Morgan fingerprint density at radius 3 is 2.19 bits per heavy atom. The van der Waals surface area contributed by atoms with Crippen LogP contribution in [0.25, 0.3) is 0 Å². The van der Waals surface area contributed by atoms with Crippen LogP contribution in [-0.2, 0) is 17.8 Å². The molecule has 1 aliphatic rings. The number of rotatable bonds is 5. The summed E-state index contributed by atoms with van der Waals surface area (Å²) in [4.78, 5) is 13.6. The quantitative estimate of drug-likeness (QED) is 0.857. The average Bonchev–Trinajstić information content (AvgIpc) is 2.65. The van der Waals surface area contributed by atoms with Crippen molar-refractivity contribution in [2.75, 3.05) is 6.54 Å². The number of carbonyl (C=O) groups is 1. The fraction of sp³-hybridized carbons (Fsp3) is 0.381. The van der Waals surface area contributed by atoms with Crippen LogP contribution in [0.15, 0.2) is 60.7 Å². The molecule has 1 fully saturated rings. The van der Waals surface area contributed by atoms with E-state index in [2.05, 4.69) is 22.3 Å². The minimum Gasteiger partial charge on any atom is -0.345 e. The first-order valence-electron chi connectivity index (χ1n) is 9.11. The van der Waals surface area contributed by atoms with Crippen LogP contribution >= 0.6 is 0 Å². The number of hydrogen-bond acceptors (Lipinski definition) is 2. The fourth-order valence-electron chi connectivity index (χ4n) is 3.62. The van der Waals surface area contributed by atoms with Gasteiger partial charge in [0.2, 0.25) is 0 Å². The van der Waals surface area contributed by atoms with Crippen molar-refractivity contribution in [1.82, 2.24) is 10.2 Å². The standard InChI is InChI=1S/C21H23F3N2O/c22-21(23,24)20(27)25-18-11-12-26(15-17-9-5-2-6-10-17)19(14-18)13-16-7-3-1-4-8-16/h1-10,18-19H,11-15H2,(H,25,27)/t18?,19-/m1/s1. The summed E-state index contributed by atoms with van der Waals surface area (Å²) in [6.45, 7) is 1.40. The molecular weight excluding hydrogens is 353 g/mol. The zero-order valence-corrected chi connectivity index (χ0v) is 15.0. The molecular formula is C21H23F3N2O. The topological polar surface area (TPSA) is 32.3 Å². The monoisotopic (exact) mass is 376 g/mol. The number of benzene rings is 2. The van der Waals surface area contributed by atoms with E-state index in [0.29, 0.717) is 19.4 Å². The summed E-state index contributed by atoms with van der Waals surface area (Å²) in [5, 5.41) is 2.17. The van der Waals surface area contributed by atoms with E-state index in [9.17, 15) is 18.0 Å². The largest absolute Gasteiger partial charge is 0.471 e. The van der Waals surface area contributed by atoms with Gasteiger partial charge in [-0.3, -0.25) is 9.69 Å². The van der Waals surface area contributed by atoms with Crippen LogP contribution < -0.4 is 5.32 Å². The van der Waals surface area contributed by atoms with E-state index in [0.717, 1.165) is 18.5 Å². The van der Waals surface area contributed by atoms with Gasteiger partial charge < -0.3 is 5.32 Å². The second-order valence-electron chi connectivity index (χ2n) is 6.99. The highest BCUT2D eigenvalue weighted by Crippen LogP contribution is 2.24. The number of carbonyl (C=O) groups excluding carboxylic acids is 1. The highest BCUT2D eigenvalue weighted by atomic mass is 19.4. The predicted molar refractivity (Wildman–Crippen MR) is 98.0 cm³/mol. The highest BCUT2D eigenvalue weighted by molar-refractivity contribution is 5.81. The third kappa shape index (κ3) is 5.57. The third-order valence-corrected chi connectivity index (χ3v) is 4.97. The van der Waals surface area contributed by atoms with Gasteiger partial charge >= 0.3 is 12.1 Å². The van der Waals surface area contributed by atoms with Crippen LogP contribution in [0.1, 0.15) is 24.0 Å². The molecule has 1 aliphatic heterocycles. The molecule has 0 aliphatic carbocycles. The van der Waals surface area contributed by atoms with Gasteiger partial charge in [0.15, 0.2) is 0 Å². The summed E-state index contributed by atoms with van der Waals surface area (Å²) < 4.78 is 37.8. The number of piperidine rings is 1. The summed E-state index contributed by atoms with van der Waals surface area (Å²) in [7, 11) is 0. The van der Waals surface area contributed by atoms with Crippen molar-refractivity contribution in [1.29, 1.82) is 0 Å². The molecule has 0 bridgehead atoms. The summed E-state index contributed by atoms with van der Waals surface area (Å²) in [5.41, 5.74) is 2.32. The lowest BCUT2D eigenvalue weighted by Gasteiger charge is -2.40. The van der Waals surface area contributed by atoms with Crippen LogP contribution in [0.5, 0.6) is 0 Å². The molecule has 1 N–H and O–H groups in total. The number of halogens is 3. The van der Waals surface area contributed by atoms with E-state index in [1.165, 1.54) is 5.56 Å². The summed E-state index contributed by atoms with van der Waals surface area (Å²) >= 11 is 0. The van der Waals surface area contributed by atoms with Crippen molar-refractivity contribution in [3.63, 3.8) is 0 Å². The maximum absolute atomic E-state index is 12.6. The van der Waals surface area contributed by atoms with E-state index in [1.54, 1.807) is 0 Å². The molecule has 1 heterocycles. The normalized spacial score (nSPS) is 21.0. The minimum atomic E-state index is -4.84. The molecule has 3 rings (SSSR count). The number of likely N-dealkylation sites (tertiary alicyclic amines) is 1. The molecule has 1 amide bonds. The summed E-state index contributed by atoms with van der Waals surface area (Å²) in [6.07, 6.45) is -3.08. The Kier molecular flexibility index (Phi) is 6.16. The molecule has 3 nitrogen and oxygen atoms in total. The lowest BCUT2D eigenvalue weighted by molar-refractivity contribution is -0.174. The van der Waals surface area contributed by atoms with Crippen molar-refractivity contribution in [3.8, 4) is 0 Å². The summed E-state index contributed by atoms with van der Waals surface area (Å²) in [5.74, 6) is -1.84. The van der Waals surface area contributed by atoms with Crippen LogP contribution in [0.2, 0.25) is 0 Å². The van der Waals surface area contributed by atoms with Crippen molar-refractivity contribution in [2.24, 2.45) is 0 Å². The predicted octanol–water partition coefficient (Wildman–Crippen LogP) is 3.94. The zero-order valence-electron chi connectivity index (χ0n) is 15.0. The fourth-order valence-corrected chi connectivity index (χ4v) is 3.62. The van der Waals surface area contributed by atoms with Gasteiger partial charge in [0.05, 0.1) is 0 Å². The van der Waals surface area contributed by atoms with E-state index in [4.69, 9.17) is 0 Å². The molecule has 6 heteroatoms. The van der Waals surface area contributed by atoms with Gasteiger partial charge in [0.1, 0.15) is 0 Å². The maximum Gasteiger partial charge on any atom is 0.471 e. The SMILES string of the molecule is O=C(NC1CCN(Cc2ccccc2)[C@H](Cc2ccccc2)C1)C(F)(F)F. The van der Waals surface area contributed by atoms with Crippen molar-refractivity contribution in [2.45, 2.75) is 44.1 Å². The Morgan fingerprint density at radius 2 is 1.59 bits per heavy atom. The first kappa shape index (κ1) is 19.4. The van der Waals surface area contributed by atoms with E-state index < -0.39 is 18.1 Å². The van der Waals surface area contributed by atoms with Gasteiger partial charge in [-0.15, -0.1) is 0 Å². The van der Waals surface area contributed by atoms with Gasteiger partial charge in [-0.25, -0.2) is 0 Å². The highest BCUT2D eigenvalue weighted by Gasteiger charge is 2.41. The molecule has 1 unspecified atom stereocenters. The molecule has 2 aromatic rings. The molecule has 0 saturated carbocycles. The Bertz CT molecular complexity index is 734. The molecule has 2 aromatic carbocycles. The van der Waals surface area contributed by atoms with Crippen LogP contribution in [-0.4, -0.2) is 35.6 Å². The second kappa shape index (κ2) is 8.57. The first-order valence-corrected chi connectivity index (χ1v) is 9.11. The molecule has 27 heavy (non-hydrogen) atoms. The molecule has 0 radical (unpaired) electrons. The van der Waals surface area contributed by atoms with E-state index in [1.807, 2.05) is 48.5 Å².